The van der Waals surface area contributed by atoms with E-state index in [1.807, 2.05) is 0 Å². The van der Waals surface area contributed by atoms with E-state index in [1.165, 1.54) is 43.7 Å². The fourth-order valence-electron chi connectivity index (χ4n) is 3.45. The first-order chi connectivity index (χ1) is 18.9. The number of hydrogen-bond acceptors (Lipinski definition) is 10. The van der Waals surface area contributed by atoms with Crippen molar-refractivity contribution in [3.05, 3.63) is 48.0 Å². The Kier molecular flexibility index (Phi) is 12.0. The molecule has 0 aliphatic heterocycles. The van der Waals surface area contributed by atoms with Gasteiger partial charge in [0.2, 0.25) is 23.6 Å². The molecule has 4 amide bonds. The van der Waals surface area contributed by atoms with Crippen LogP contribution in [0.4, 0.5) is 0 Å². The molecule has 0 saturated carbocycles. The molecule has 1 heterocycles. The minimum Gasteiger partial charge on any atom is -0.508 e. The van der Waals surface area contributed by atoms with Crippen LogP contribution in [-0.2, 0) is 36.8 Å². The van der Waals surface area contributed by atoms with Gasteiger partial charge in [0.1, 0.15) is 23.9 Å². The maximum Gasteiger partial charge on any atom is 0.326 e. The van der Waals surface area contributed by atoms with Gasteiger partial charge in [0.05, 0.1) is 37.3 Å². The van der Waals surface area contributed by atoms with Gasteiger partial charge in [0, 0.05) is 19.0 Å². The Balaban J connectivity index is 1.90. The number of phenolic OH excluding ortho intramolecular Hbond substituents is 1. The predicted molar refractivity (Wildman–Crippen MR) is 137 cm³/mol. The first kappa shape index (κ1) is 31.7. The zero-order valence-corrected chi connectivity index (χ0v) is 21.5. The number of H-pyrrole nitrogens is 1. The summed E-state index contributed by atoms with van der Waals surface area (Å²) in [6, 6.07) is 0.175. The third-order valence-electron chi connectivity index (χ3n) is 5.63. The average molecular weight is 564 g/mol. The highest BCUT2D eigenvalue weighted by atomic mass is 16.4. The Morgan fingerprint density at radius 3 is 2.20 bits per heavy atom. The molecule has 0 fully saturated rings. The van der Waals surface area contributed by atoms with Crippen LogP contribution in [0.3, 0.4) is 0 Å². The van der Waals surface area contributed by atoms with E-state index in [0.29, 0.717) is 11.3 Å². The number of carbonyl (C=O) groups excluding carboxylic acids is 4. The van der Waals surface area contributed by atoms with Crippen LogP contribution in [-0.4, -0.2) is 103 Å². The number of aromatic nitrogens is 2. The Labute approximate surface area is 228 Å². The summed E-state index contributed by atoms with van der Waals surface area (Å²) in [5, 5.41) is 47.2. The number of carbonyl (C=O) groups is 5. The van der Waals surface area contributed by atoms with E-state index < -0.39 is 73.0 Å². The fraction of sp³-hybridized carbons (Fsp3) is 0.417. The number of rotatable bonds is 15. The van der Waals surface area contributed by atoms with Crippen LogP contribution in [0.15, 0.2) is 36.8 Å². The molecular weight excluding hydrogens is 530 g/mol. The number of carboxylic acid groups (broad SMARTS) is 1. The number of benzene rings is 1. The van der Waals surface area contributed by atoms with Crippen LogP contribution in [0.5, 0.6) is 5.75 Å². The van der Waals surface area contributed by atoms with Crippen LogP contribution < -0.4 is 27.0 Å². The summed E-state index contributed by atoms with van der Waals surface area (Å²) in [6.07, 6.45) is 1.48. The van der Waals surface area contributed by atoms with Crippen molar-refractivity contribution in [2.45, 2.75) is 50.0 Å². The van der Waals surface area contributed by atoms with Gasteiger partial charge in [-0.1, -0.05) is 12.1 Å². The number of amides is 4. The molecule has 0 aliphatic carbocycles. The van der Waals surface area contributed by atoms with E-state index >= 15 is 0 Å². The number of hydrogen-bond donors (Lipinski definition) is 10. The number of aromatic hydroxyl groups is 1. The molecule has 0 saturated heterocycles. The number of imidazole rings is 1. The Hall–Kier alpha value is -4.54. The number of carboxylic acids is 1. The average Bonchev–Trinajstić information content (AvgIpc) is 3.42. The molecule has 0 aliphatic rings. The lowest BCUT2D eigenvalue weighted by Gasteiger charge is -2.25. The first-order valence-corrected chi connectivity index (χ1v) is 12.1. The molecule has 0 unspecified atom stereocenters. The summed E-state index contributed by atoms with van der Waals surface area (Å²) in [6.45, 7) is -0.348. The molecule has 1 aromatic heterocycles. The molecule has 0 bridgehead atoms. The van der Waals surface area contributed by atoms with Gasteiger partial charge in [-0.3, -0.25) is 19.2 Å². The van der Waals surface area contributed by atoms with Gasteiger partial charge in [-0.2, -0.15) is 0 Å². The second-order valence-corrected chi connectivity index (χ2v) is 8.89. The van der Waals surface area contributed by atoms with Gasteiger partial charge < -0.3 is 52.4 Å². The maximum absolute atomic E-state index is 12.7. The van der Waals surface area contributed by atoms with Crippen LogP contribution in [0.1, 0.15) is 18.2 Å². The SMILES string of the molecule is C[C@@H](O)[C@H](NC(=O)[C@@H](N)Cc1c[nH]cn1)C(=O)N[C@@H](CO)C(=O)NCC(=O)N[C@@H](Cc1ccc(O)cc1)C(=O)O. The van der Waals surface area contributed by atoms with Gasteiger partial charge in [-0.05, 0) is 24.6 Å². The zero-order valence-electron chi connectivity index (χ0n) is 21.5. The molecule has 2 rings (SSSR count). The van der Waals surface area contributed by atoms with Crippen LogP contribution in [0.25, 0.3) is 0 Å². The lowest BCUT2D eigenvalue weighted by atomic mass is 10.1. The van der Waals surface area contributed by atoms with E-state index in [4.69, 9.17) is 5.73 Å². The second kappa shape index (κ2) is 15.2. The summed E-state index contributed by atoms with van der Waals surface area (Å²) >= 11 is 0. The molecule has 11 N–H and O–H groups in total. The molecule has 40 heavy (non-hydrogen) atoms. The largest absolute Gasteiger partial charge is 0.508 e. The highest BCUT2D eigenvalue weighted by Crippen LogP contribution is 2.11. The Morgan fingerprint density at radius 1 is 0.975 bits per heavy atom. The van der Waals surface area contributed by atoms with Crippen molar-refractivity contribution < 1.29 is 44.4 Å². The number of nitrogens with one attached hydrogen (secondary N) is 5. The number of aliphatic hydroxyl groups excluding tert-OH is 2. The molecule has 1 aromatic carbocycles. The van der Waals surface area contributed by atoms with Gasteiger partial charge in [0.25, 0.3) is 0 Å². The molecule has 2 aromatic rings. The summed E-state index contributed by atoms with van der Waals surface area (Å²) in [5.41, 5.74) is 6.86. The molecule has 16 heteroatoms. The van der Waals surface area contributed by atoms with E-state index in [-0.39, 0.29) is 18.6 Å². The lowest BCUT2D eigenvalue weighted by Crippen LogP contribution is -2.60. The Morgan fingerprint density at radius 2 is 1.65 bits per heavy atom. The quantitative estimate of drug-likeness (QED) is 0.101. The maximum atomic E-state index is 12.7. The second-order valence-electron chi connectivity index (χ2n) is 8.89. The van der Waals surface area contributed by atoms with Gasteiger partial charge in [-0.15, -0.1) is 0 Å². The van der Waals surface area contributed by atoms with Crippen molar-refractivity contribution in [2.24, 2.45) is 5.73 Å². The van der Waals surface area contributed by atoms with Crippen molar-refractivity contribution in [1.29, 1.82) is 0 Å². The minimum atomic E-state index is -1.57. The molecule has 218 valence electrons. The summed E-state index contributed by atoms with van der Waals surface area (Å²) < 4.78 is 0. The van der Waals surface area contributed by atoms with E-state index in [1.54, 1.807) is 0 Å². The van der Waals surface area contributed by atoms with Crippen molar-refractivity contribution in [3.63, 3.8) is 0 Å². The summed E-state index contributed by atoms with van der Waals surface area (Å²) in [5.74, 6) is -4.96. The molecular formula is C24H33N7O9. The smallest absolute Gasteiger partial charge is 0.326 e. The number of aromatic amines is 1. The van der Waals surface area contributed by atoms with E-state index in [0.717, 1.165) is 0 Å². The fourth-order valence-corrected chi connectivity index (χ4v) is 3.45. The zero-order chi connectivity index (χ0) is 29.8. The number of aliphatic hydroxyl groups is 2. The van der Waals surface area contributed by atoms with Crippen molar-refractivity contribution in [3.8, 4) is 5.75 Å². The van der Waals surface area contributed by atoms with E-state index in [9.17, 15) is 44.4 Å². The molecule has 5 atom stereocenters. The van der Waals surface area contributed by atoms with Gasteiger partial charge in [-0.25, -0.2) is 9.78 Å². The highest BCUT2D eigenvalue weighted by molar-refractivity contribution is 5.94. The molecule has 0 radical (unpaired) electrons. The third-order valence-corrected chi connectivity index (χ3v) is 5.63. The first-order valence-electron chi connectivity index (χ1n) is 12.1. The van der Waals surface area contributed by atoms with Crippen molar-refractivity contribution in [2.75, 3.05) is 13.2 Å². The number of phenols is 1. The van der Waals surface area contributed by atoms with Crippen LogP contribution in [0, 0.1) is 0 Å². The molecule has 0 spiro atoms. The monoisotopic (exact) mass is 563 g/mol. The van der Waals surface area contributed by atoms with Gasteiger partial charge in [0.15, 0.2) is 0 Å². The van der Waals surface area contributed by atoms with Crippen LogP contribution in [0.2, 0.25) is 0 Å². The minimum absolute atomic E-state index is 0.0104. The molecule has 16 nitrogen and oxygen atoms in total. The van der Waals surface area contributed by atoms with Crippen molar-refractivity contribution in [1.82, 2.24) is 31.2 Å². The number of nitrogens with zero attached hydrogens (tertiary/aromatic N) is 1. The van der Waals surface area contributed by atoms with Crippen molar-refractivity contribution >= 4 is 29.6 Å². The third kappa shape index (κ3) is 9.97. The Bertz CT molecular complexity index is 1160. The predicted octanol–water partition coefficient (Wildman–Crippen LogP) is -3.74. The van der Waals surface area contributed by atoms with Gasteiger partial charge >= 0.3 is 5.97 Å². The number of aliphatic carboxylic acids is 1. The highest BCUT2D eigenvalue weighted by Gasteiger charge is 2.31. The normalized spacial score (nSPS) is 14.6. The van der Waals surface area contributed by atoms with Crippen LogP contribution >= 0.6 is 0 Å². The lowest BCUT2D eigenvalue weighted by molar-refractivity contribution is -0.141. The summed E-state index contributed by atoms with van der Waals surface area (Å²) in [7, 11) is 0. The van der Waals surface area contributed by atoms with E-state index in [2.05, 4.69) is 31.2 Å². The number of nitrogens with two attached hydrogens (primary N) is 1. The summed E-state index contributed by atoms with van der Waals surface area (Å²) in [4.78, 5) is 68.1. The standard InChI is InChI=1S/C24H33N7O9/c1-12(33)20(31-21(36)16(25)7-14-8-26-11-28-14)23(38)30-18(10-32)22(37)27-9-19(35)29-17(24(39)40)6-13-2-4-15(34)5-3-13/h2-5,8,11-12,16-18,20,32-34H,6-7,9-10,25H2,1H3,(H,26,28)(H,27,37)(H,29,35)(H,30,38)(H,31,36)(H,39,40)/t12-,16+,17+,18+,20+/m1/s1. The topological polar surface area (TPSA) is 269 Å².